The molecule has 0 aromatic heterocycles. The Morgan fingerprint density at radius 2 is 1.91 bits per heavy atom. The lowest BCUT2D eigenvalue weighted by molar-refractivity contribution is 0.103. The molecule has 0 amide bonds. The second-order valence-corrected chi connectivity index (χ2v) is 5.72. The monoisotopic (exact) mass is 301 g/mol. The number of anilines is 1. The predicted octanol–water partition coefficient (Wildman–Crippen LogP) is 3.06. The average molecular weight is 301 g/mol. The molecule has 4 heteroatoms. The number of rotatable bonds is 1. The Labute approximate surface area is 134 Å². The Morgan fingerprint density at radius 3 is 2.70 bits per heavy atom. The van der Waals surface area contributed by atoms with Crippen LogP contribution in [0.2, 0.25) is 0 Å². The lowest BCUT2D eigenvalue weighted by Crippen LogP contribution is -2.21. The van der Waals surface area contributed by atoms with Crippen LogP contribution in [0, 0.1) is 11.3 Å². The molecule has 0 unspecified atom stereocenters. The fraction of sp³-hybridized carbons (Fsp3) is 0.158. The van der Waals surface area contributed by atoms with Crippen LogP contribution in [0.15, 0.2) is 54.4 Å². The van der Waals surface area contributed by atoms with Gasteiger partial charge in [0.2, 0.25) is 5.78 Å². The van der Waals surface area contributed by atoms with E-state index < -0.39 is 0 Å². The molecule has 0 aliphatic carbocycles. The van der Waals surface area contributed by atoms with Crippen LogP contribution in [0.25, 0.3) is 11.1 Å². The van der Waals surface area contributed by atoms with Crippen molar-refractivity contribution in [3.05, 3.63) is 65.5 Å². The minimum Gasteiger partial charge on any atom is -0.389 e. The van der Waals surface area contributed by atoms with Crippen molar-refractivity contribution in [2.45, 2.75) is 6.42 Å². The van der Waals surface area contributed by atoms with E-state index in [1.54, 1.807) is 12.3 Å². The summed E-state index contributed by atoms with van der Waals surface area (Å²) in [4.78, 5) is 14.9. The maximum Gasteiger partial charge on any atom is 0.213 e. The Hall–Kier alpha value is -3.06. The third-order valence-corrected chi connectivity index (χ3v) is 4.30. The van der Waals surface area contributed by atoms with Crippen molar-refractivity contribution >= 4 is 11.5 Å². The van der Waals surface area contributed by atoms with Gasteiger partial charge in [-0.25, -0.2) is 0 Å². The van der Waals surface area contributed by atoms with Gasteiger partial charge in [0.15, 0.2) is 0 Å². The Bertz CT molecular complexity index is 862. The molecule has 0 fully saturated rings. The summed E-state index contributed by atoms with van der Waals surface area (Å²) in [5.74, 6) is -0.0105. The molecule has 2 heterocycles. The van der Waals surface area contributed by atoms with Gasteiger partial charge in [0, 0.05) is 30.4 Å². The zero-order chi connectivity index (χ0) is 15.8. The zero-order valence-corrected chi connectivity index (χ0v) is 12.5. The van der Waals surface area contributed by atoms with E-state index in [0.29, 0.717) is 16.8 Å². The van der Waals surface area contributed by atoms with Crippen LogP contribution in [0.3, 0.4) is 0 Å². The van der Waals surface area contributed by atoms with Crippen molar-refractivity contribution in [1.29, 1.82) is 5.26 Å². The van der Waals surface area contributed by atoms with E-state index in [9.17, 15) is 10.1 Å². The number of nitrogens with one attached hydrogen (secondary N) is 1. The van der Waals surface area contributed by atoms with Crippen LogP contribution in [-0.2, 0) is 0 Å². The number of hydrogen-bond donors (Lipinski definition) is 1. The quantitative estimate of drug-likeness (QED) is 0.879. The first-order valence-corrected chi connectivity index (χ1v) is 7.69. The molecule has 2 aromatic carbocycles. The standard InChI is InChI=1S/C19H15N3O/c20-11-13-9-15(14-5-2-1-3-6-14)18-16(10-13)19(23)17-12-21-7-4-8-22(17)18/h1-3,5-6,9-10,12,21H,4,7-8H2. The Morgan fingerprint density at radius 1 is 1.13 bits per heavy atom. The molecule has 2 aliphatic heterocycles. The van der Waals surface area contributed by atoms with Gasteiger partial charge in [0.25, 0.3) is 0 Å². The fourth-order valence-corrected chi connectivity index (χ4v) is 3.27. The number of nitriles is 1. The summed E-state index contributed by atoms with van der Waals surface area (Å²) in [6.07, 6.45) is 2.76. The van der Waals surface area contributed by atoms with Gasteiger partial charge in [-0.05, 0) is 24.1 Å². The van der Waals surface area contributed by atoms with Crippen molar-refractivity contribution in [3.8, 4) is 17.2 Å². The van der Waals surface area contributed by atoms with Gasteiger partial charge < -0.3 is 10.2 Å². The fourth-order valence-electron chi connectivity index (χ4n) is 3.27. The van der Waals surface area contributed by atoms with Gasteiger partial charge in [-0.1, -0.05) is 30.3 Å². The van der Waals surface area contributed by atoms with Crippen LogP contribution < -0.4 is 10.2 Å². The molecule has 4 nitrogen and oxygen atoms in total. The number of Topliss-reactive ketones (excluding diaryl/α,β-unsaturated/α-hetero) is 1. The van der Waals surface area contributed by atoms with Gasteiger partial charge in [-0.3, -0.25) is 4.79 Å². The summed E-state index contributed by atoms with van der Waals surface area (Å²) in [6.45, 7) is 1.66. The van der Waals surface area contributed by atoms with Gasteiger partial charge >= 0.3 is 0 Å². The number of ketones is 1. The number of carbonyl (C=O) groups excluding carboxylic acids is 1. The first kappa shape index (κ1) is 13.6. The van der Waals surface area contributed by atoms with Crippen LogP contribution in [0.1, 0.15) is 22.3 Å². The van der Waals surface area contributed by atoms with Crippen molar-refractivity contribution in [1.82, 2.24) is 5.32 Å². The summed E-state index contributed by atoms with van der Waals surface area (Å²) < 4.78 is 0. The highest BCUT2D eigenvalue weighted by Gasteiger charge is 2.35. The molecule has 4 rings (SSSR count). The largest absolute Gasteiger partial charge is 0.389 e. The van der Waals surface area contributed by atoms with E-state index in [1.165, 1.54) is 0 Å². The highest BCUT2D eigenvalue weighted by atomic mass is 16.1. The Kier molecular flexibility index (Phi) is 3.13. The van der Waals surface area contributed by atoms with Crippen LogP contribution in [0.5, 0.6) is 0 Å². The lowest BCUT2D eigenvalue weighted by atomic mass is 9.97. The molecule has 1 N–H and O–H groups in total. The maximum atomic E-state index is 12.8. The number of nitrogens with zero attached hydrogens (tertiary/aromatic N) is 2. The molecule has 2 aromatic rings. The molecule has 0 atom stereocenters. The van der Waals surface area contributed by atoms with Crippen molar-refractivity contribution in [2.24, 2.45) is 0 Å². The lowest BCUT2D eigenvalue weighted by Gasteiger charge is -2.21. The Balaban J connectivity index is 2.00. The molecule has 0 spiro atoms. The second-order valence-electron chi connectivity index (χ2n) is 5.72. The van der Waals surface area contributed by atoms with E-state index in [2.05, 4.69) is 16.3 Å². The number of allylic oxidation sites excluding steroid dienone is 1. The SMILES string of the molecule is N#Cc1cc2c(c(-c3ccccc3)c1)N1CCCNC=C1C2=O. The summed E-state index contributed by atoms with van der Waals surface area (Å²) in [6, 6.07) is 15.7. The summed E-state index contributed by atoms with van der Waals surface area (Å²) in [5, 5.41) is 12.5. The predicted molar refractivity (Wildman–Crippen MR) is 89.0 cm³/mol. The molecule has 0 saturated heterocycles. The molecule has 2 aliphatic rings. The van der Waals surface area contributed by atoms with Gasteiger partial charge in [-0.15, -0.1) is 0 Å². The molecular weight excluding hydrogens is 286 g/mol. The van der Waals surface area contributed by atoms with Crippen LogP contribution >= 0.6 is 0 Å². The van der Waals surface area contributed by atoms with E-state index in [4.69, 9.17) is 0 Å². The highest BCUT2D eigenvalue weighted by Crippen LogP contribution is 2.43. The molecular formula is C19H15N3O. The van der Waals surface area contributed by atoms with E-state index in [0.717, 1.165) is 36.3 Å². The number of hydrogen-bond acceptors (Lipinski definition) is 4. The molecule has 23 heavy (non-hydrogen) atoms. The highest BCUT2D eigenvalue weighted by molar-refractivity contribution is 6.21. The minimum absolute atomic E-state index is 0.0105. The van der Waals surface area contributed by atoms with Gasteiger partial charge in [0.1, 0.15) is 5.70 Å². The van der Waals surface area contributed by atoms with Crippen LogP contribution in [-0.4, -0.2) is 18.9 Å². The third-order valence-electron chi connectivity index (χ3n) is 4.30. The van der Waals surface area contributed by atoms with Gasteiger partial charge in [0.05, 0.1) is 17.3 Å². The average Bonchev–Trinajstić information content (AvgIpc) is 2.77. The van der Waals surface area contributed by atoms with Gasteiger partial charge in [-0.2, -0.15) is 5.26 Å². The number of carbonyl (C=O) groups is 1. The second kappa shape index (κ2) is 5.29. The van der Waals surface area contributed by atoms with Crippen LogP contribution in [0.4, 0.5) is 5.69 Å². The molecule has 112 valence electrons. The summed E-state index contributed by atoms with van der Waals surface area (Å²) in [7, 11) is 0. The molecule has 0 radical (unpaired) electrons. The summed E-state index contributed by atoms with van der Waals surface area (Å²) in [5.41, 5.74) is 4.70. The zero-order valence-electron chi connectivity index (χ0n) is 12.5. The van der Waals surface area contributed by atoms with Crippen molar-refractivity contribution < 1.29 is 4.79 Å². The normalized spacial score (nSPS) is 15.9. The molecule has 0 saturated carbocycles. The first-order valence-electron chi connectivity index (χ1n) is 7.69. The first-order chi connectivity index (χ1) is 11.3. The smallest absolute Gasteiger partial charge is 0.213 e. The van der Waals surface area contributed by atoms with E-state index in [-0.39, 0.29) is 5.78 Å². The third kappa shape index (κ3) is 2.09. The summed E-state index contributed by atoms with van der Waals surface area (Å²) >= 11 is 0. The minimum atomic E-state index is -0.0105. The number of fused-ring (bicyclic) bond motifs is 3. The van der Waals surface area contributed by atoms with Crippen molar-refractivity contribution in [2.75, 3.05) is 18.0 Å². The maximum absolute atomic E-state index is 12.8. The van der Waals surface area contributed by atoms with E-state index in [1.807, 2.05) is 36.4 Å². The van der Waals surface area contributed by atoms with E-state index >= 15 is 0 Å². The topological polar surface area (TPSA) is 56.1 Å². The molecule has 0 bridgehead atoms. The number of benzene rings is 2. The van der Waals surface area contributed by atoms with Crippen molar-refractivity contribution in [3.63, 3.8) is 0 Å².